The van der Waals surface area contributed by atoms with Crippen molar-refractivity contribution in [1.29, 1.82) is 0 Å². The van der Waals surface area contributed by atoms with E-state index in [-0.39, 0.29) is 16.6 Å². The van der Waals surface area contributed by atoms with Crippen LogP contribution in [0.5, 0.6) is 5.75 Å². The highest BCUT2D eigenvalue weighted by molar-refractivity contribution is 7.16. The third kappa shape index (κ3) is 4.81. The van der Waals surface area contributed by atoms with Crippen molar-refractivity contribution in [3.05, 3.63) is 83.0 Å². The van der Waals surface area contributed by atoms with Gasteiger partial charge in [0.05, 0.1) is 17.2 Å². The van der Waals surface area contributed by atoms with Crippen LogP contribution in [0.4, 0.5) is 4.39 Å². The van der Waals surface area contributed by atoms with Crippen LogP contribution in [0.3, 0.4) is 0 Å². The topological polar surface area (TPSA) is 100.0 Å². The number of benzene rings is 2. The van der Waals surface area contributed by atoms with Crippen molar-refractivity contribution in [3.8, 4) is 21.9 Å². The Hall–Kier alpha value is -4.02. The summed E-state index contributed by atoms with van der Waals surface area (Å²) in [6, 6.07) is 13.3. The predicted octanol–water partition coefficient (Wildman–Crippen LogP) is 5.33. The number of ether oxygens (including phenoxy) is 1. The molecule has 2 aromatic carbocycles. The smallest absolute Gasteiger partial charge is 0.262 e. The van der Waals surface area contributed by atoms with Crippen LogP contribution >= 0.6 is 11.3 Å². The summed E-state index contributed by atoms with van der Waals surface area (Å²) in [5, 5.41) is 8.30. The molecule has 39 heavy (non-hydrogen) atoms. The number of halogens is 1. The molecule has 5 aromatic rings. The first kappa shape index (κ1) is 25.3. The first-order chi connectivity index (χ1) is 18.9. The molecule has 3 aromatic heterocycles. The standard InChI is InChI=1S/C29H29FN6O2S/c1-17(21-4-3-5-22(27(21)30)18-8-10-32-11-9-18)38-25-13-26(39-28(25)29(31)37)36-16-33-23-12-19(6-7-24(23)36)20-14-34-35(2)15-20/h3-7,12-18,32H,8-11H2,1-2H3,(H2,31,37). The molecule has 1 atom stereocenters. The first-order valence-electron chi connectivity index (χ1n) is 12.9. The quantitative estimate of drug-likeness (QED) is 0.288. The number of piperidine rings is 1. The molecule has 0 spiro atoms. The largest absolute Gasteiger partial charge is 0.484 e. The maximum absolute atomic E-state index is 15.6. The van der Waals surface area contributed by atoms with Gasteiger partial charge in [-0.1, -0.05) is 24.3 Å². The minimum atomic E-state index is -0.617. The van der Waals surface area contributed by atoms with Gasteiger partial charge in [0.2, 0.25) is 0 Å². The number of rotatable bonds is 7. The Balaban J connectivity index is 1.30. The number of nitrogens with two attached hydrogens (primary N) is 1. The molecule has 1 aliphatic heterocycles. The molecule has 8 nitrogen and oxygen atoms in total. The summed E-state index contributed by atoms with van der Waals surface area (Å²) < 4.78 is 25.5. The zero-order chi connectivity index (χ0) is 27.1. The Bertz CT molecular complexity index is 1670. The lowest BCUT2D eigenvalue weighted by Gasteiger charge is -2.25. The third-order valence-electron chi connectivity index (χ3n) is 7.31. The Morgan fingerprint density at radius 1 is 1.21 bits per heavy atom. The average molecular weight is 545 g/mol. The van der Waals surface area contributed by atoms with Gasteiger partial charge in [-0.25, -0.2) is 9.37 Å². The molecule has 1 unspecified atom stereocenters. The Labute approximate surface area is 229 Å². The summed E-state index contributed by atoms with van der Waals surface area (Å²) >= 11 is 1.22. The van der Waals surface area contributed by atoms with E-state index in [1.807, 2.05) is 54.3 Å². The lowest BCUT2D eigenvalue weighted by Crippen LogP contribution is -2.27. The predicted molar refractivity (Wildman–Crippen MR) is 150 cm³/mol. The molecule has 6 rings (SSSR count). The van der Waals surface area contributed by atoms with E-state index >= 15 is 4.39 Å². The molecule has 0 aliphatic carbocycles. The van der Waals surface area contributed by atoms with Crippen molar-refractivity contribution in [1.82, 2.24) is 24.6 Å². The van der Waals surface area contributed by atoms with Crippen molar-refractivity contribution in [2.45, 2.75) is 31.8 Å². The highest BCUT2D eigenvalue weighted by Gasteiger charge is 2.25. The molecule has 1 aliphatic rings. The van der Waals surface area contributed by atoms with Crippen LogP contribution in [0, 0.1) is 5.82 Å². The van der Waals surface area contributed by atoms with E-state index < -0.39 is 12.0 Å². The molecule has 3 N–H and O–H groups in total. The van der Waals surface area contributed by atoms with Gasteiger partial charge < -0.3 is 15.8 Å². The summed E-state index contributed by atoms with van der Waals surface area (Å²) in [5.41, 5.74) is 10.6. The molecular weight excluding hydrogens is 515 g/mol. The average Bonchev–Trinajstić information content (AvgIpc) is 3.67. The van der Waals surface area contributed by atoms with Gasteiger partial charge in [-0.2, -0.15) is 5.10 Å². The van der Waals surface area contributed by atoms with Gasteiger partial charge in [-0.05, 0) is 62.0 Å². The monoisotopic (exact) mass is 544 g/mol. The fourth-order valence-electron chi connectivity index (χ4n) is 5.26. The summed E-state index contributed by atoms with van der Waals surface area (Å²) in [5.74, 6) is -0.324. The van der Waals surface area contributed by atoms with Gasteiger partial charge in [0.15, 0.2) is 0 Å². The summed E-state index contributed by atoms with van der Waals surface area (Å²) in [6.45, 7) is 3.56. The van der Waals surface area contributed by atoms with Crippen LogP contribution in [0.1, 0.15) is 52.6 Å². The second-order valence-corrected chi connectivity index (χ2v) is 10.9. The van der Waals surface area contributed by atoms with E-state index in [0.29, 0.717) is 11.3 Å². The number of primary amides is 1. The van der Waals surface area contributed by atoms with Crippen molar-refractivity contribution in [2.24, 2.45) is 12.8 Å². The van der Waals surface area contributed by atoms with Crippen LogP contribution < -0.4 is 15.8 Å². The number of nitrogens with zero attached hydrogens (tertiary/aromatic N) is 4. The lowest BCUT2D eigenvalue weighted by molar-refractivity contribution is 0.0998. The molecule has 4 heterocycles. The second-order valence-electron chi connectivity index (χ2n) is 9.90. The number of thiophene rings is 1. The van der Waals surface area contributed by atoms with E-state index in [2.05, 4.69) is 15.4 Å². The van der Waals surface area contributed by atoms with Gasteiger partial charge in [0.25, 0.3) is 5.91 Å². The first-order valence-corrected chi connectivity index (χ1v) is 13.8. The number of carbonyl (C=O) groups is 1. The second kappa shape index (κ2) is 10.3. The molecule has 0 radical (unpaired) electrons. The third-order valence-corrected chi connectivity index (χ3v) is 8.44. The molecule has 200 valence electrons. The highest BCUT2D eigenvalue weighted by atomic mass is 32.1. The number of fused-ring (bicyclic) bond motifs is 1. The molecule has 1 fully saturated rings. The number of aromatic nitrogens is 4. The van der Waals surface area contributed by atoms with E-state index in [9.17, 15) is 4.79 Å². The van der Waals surface area contributed by atoms with Crippen LogP contribution in [-0.2, 0) is 7.05 Å². The molecule has 1 amide bonds. The van der Waals surface area contributed by atoms with Gasteiger partial charge in [-0.3, -0.25) is 14.0 Å². The van der Waals surface area contributed by atoms with Crippen LogP contribution in [0.2, 0.25) is 0 Å². The van der Waals surface area contributed by atoms with E-state index in [4.69, 9.17) is 10.5 Å². The summed E-state index contributed by atoms with van der Waals surface area (Å²) in [4.78, 5) is 17.2. The minimum absolute atomic E-state index is 0.181. The molecule has 10 heteroatoms. The number of imidazole rings is 1. The molecule has 0 saturated carbocycles. The molecule has 0 bridgehead atoms. The molecular formula is C29H29FN6O2S. The Morgan fingerprint density at radius 2 is 2.03 bits per heavy atom. The van der Waals surface area contributed by atoms with Crippen LogP contribution in [0.25, 0.3) is 27.2 Å². The number of nitrogens with one attached hydrogen (secondary N) is 1. The zero-order valence-corrected chi connectivity index (χ0v) is 22.5. The number of amides is 1. The summed E-state index contributed by atoms with van der Waals surface area (Å²) in [7, 11) is 1.88. The number of carbonyl (C=O) groups excluding carboxylic acids is 1. The van der Waals surface area contributed by atoms with Gasteiger partial charge in [0, 0.05) is 30.4 Å². The minimum Gasteiger partial charge on any atom is -0.484 e. The van der Waals surface area contributed by atoms with Crippen molar-refractivity contribution in [2.75, 3.05) is 13.1 Å². The number of hydrogen-bond donors (Lipinski definition) is 2. The maximum atomic E-state index is 15.6. The summed E-state index contributed by atoms with van der Waals surface area (Å²) in [6.07, 6.45) is 6.66. The fraction of sp³-hybridized carbons (Fsp3) is 0.276. The Kier molecular flexibility index (Phi) is 6.66. The van der Waals surface area contributed by atoms with Crippen LogP contribution in [0.15, 0.2) is 61.2 Å². The van der Waals surface area contributed by atoms with Crippen molar-refractivity contribution >= 4 is 28.3 Å². The normalized spacial score (nSPS) is 15.1. The highest BCUT2D eigenvalue weighted by Crippen LogP contribution is 2.38. The van der Waals surface area contributed by atoms with Crippen molar-refractivity contribution in [3.63, 3.8) is 0 Å². The number of aryl methyl sites for hydroxylation is 1. The van der Waals surface area contributed by atoms with E-state index in [0.717, 1.165) is 58.7 Å². The van der Waals surface area contributed by atoms with Crippen molar-refractivity contribution < 1.29 is 13.9 Å². The zero-order valence-electron chi connectivity index (χ0n) is 21.7. The van der Waals surface area contributed by atoms with E-state index in [1.165, 1.54) is 11.3 Å². The van der Waals surface area contributed by atoms with E-state index in [1.54, 1.807) is 30.1 Å². The number of hydrogen-bond acceptors (Lipinski definition) is 6. The van der Waals surface area contributed by atoms with Gasteiger partial charge in [-0.15, -0.1) is 11.3 Å². The van der Waals surface area contributed by atoms with Gasteiger partial charge in [0.1, 0.15) is 33.9 Å². The van der Waals surface area contributed by atoms with Crippen LogP contribution in [-0.4, -0.2) is 38.3 Å². The maximum Gasteiger partial charge on any atom is 0.262 e. The van der Waals surface area contributed by atoms with Gasteiger partial charge >= 0.3 is 0 Å². The molecule has 1 saturated heterocycles. The fourth-order valence-corrected chi connectivity index (χ4v) is 6.19. The Morgan fingerprint density at radius 3 is 2.77 bits per heavy atom. The lowest BCUT2D eigenvalue weighted by atomic mass is 9.88. The SMILES string of the molecule is CC(Oc1cc(-n2cnc3cc(-c4cnn(C)c4)ccc32)sc1C(N)=O)c1cccc(C2CCNCC2)c1F.